The van der Waals surface area contributed by atoms with Gasteiger partial charge in [-0.25, -0.2) is 5.43 Å². The van der Waals surface area contributed by atoms with Gasteiger partial charge in [-0.05, 0) is 18.2 Å². The van der Waals surface area contributed by atoms with Crippen LogP contribution >= 0.6 is 0 Å². The Morgan fingerprint density at radius 1 is 1.24 bits per heavy atom. The molecule has 1 amide bonds. The van der Waals surface area contributed by atoms with Crippen LogP contribution in [0, 0.1) is 10.1 Å². The van der Waals surface area contributed by atoms with E-state index in [2.05, 4.69) is 15.8 Å². The minimum atomic E-state index is -0.553. The SMILES string of the molecule is O=C(CNc1ccccc1)N/N=C/c1cc2c(cc1[N+](=O)[O-])OCO2. The number of hydrogen-bond acceptors (Lipinski definition) is 7. The third kappa shape index (κ3) is 4.02. The summed E-state index contributed by atoms with van der Waals surface area (Å²) in [6.07, 6.45) is 1.19. The van der Waals surface area contributed by atoms with Crippen molar-refractivity contribution in [1.82, 2.24) is 5.43 Å². The van der Waals surface area contributed by atoms with E-state index in [1.807, 2.05) is 30.3 Å². The molecule has 0 unspecified atom stereocenters. The fourth-order valence-electron chi connectivity index (χ4n) is 2.16. The van der Waals surface area contributed by atoms with Gasteiger partial charge >= 0.3 is 0 Å². The minimum Gasteiger partial charge on any atom is -0.454 e. The summed E-state index contributed by atoms with van der Waals surface area (Å²) in [4.78, 5) is 22.3. The second-order valence-electron chi connectivity index (χ2n) is 5.03. The number of carbonyl (C=O) groups is 1. The number of nitro benzene ring substituents is 1. The average Bonchev–Trinajstić information content (AvgIpc) is 3.07. The molecule has 1 heterocycles. The van der Waals surface area contributed by atoms with Crippen molar-refractivity contribution in [1.29, 1.82) is 0 Å². The van der Waals surface area contributed by atoms with Crippen molar-refractivity contribution in [2.75, 3.05) is 18.7 Å². The third-order valence-electron chi connectivity index (χ3n) is 3.34. The van der Waals surface area contributed by atoms with E-state index in [-0.39, 0.29) is 30.5 Å². The summed E-state index contributed by atoms with van der Waals surface area (Å²) < 4.78 is 10.3. The number of nitrogens with one attached hydrogen (secondary N) is 2. The van der Waals surface area contributed by atoms with Gasteiger partial charge in [0.1, 0.15) is 0 Å². The Bertz CT molecular complexity index is 823. The Morgan fingerprint density at radius 3 is 2.68 bits per heavy atom. The van der Waals surface area contributed by atoms with Gasteiger partial charge in [0.25, 0.3) is 11.6 Å². The molecular formula is C16H14N4O5. The fraction of sp³-hybridized carbons (Fsp3) is 0.125. The summed E-state index contributed by atoms with van der Waals surface area (Å²) in [5.74, 6) is 0.313. The maximum absolute atomic E-state index is 11.7. The molecule has 1 aliphatic rings. The highest BCUT2D eigenvalue weighted by atomic mass is 16.7. The zero-order valence-corrected chi connectivity index (χ0v) is 13.0. The van der Waals surface area contributed by atoms with E-state index in [1.54, 1.807) is 0 Å². The number of hydrazone groups is 1. The molecule has 0 radical (unpaired) electrons. The first kappa shape index (κ1) is 16.2. The Hall–Kier alpha value is -3.62. The van der Waals surface area contributed by atoms with Crippen molar-refractivity contribution in [3.05, 3.63) is 58.1 Å². The van der Waals surface area contributed by atoms with E-state index in [0.717, 1.165) is 5.69 Å². The Kier molecular flexibility index (Phi) is 4.74. The number of nitro groups is 1. The lowest BCUT2D eigenvalue weighted by atomic mass is 10.1. The number of benzene rings is 2. The van der Waals surface area contributed by atoms with Gasteiger partial charge in [-0.3, -0.25) is 14.9 Å². The topological polar surface area (TPSA) is 115 Å². The third-order valence-corrected chi connectivity index (χ3v) is 3.34. The zero-order chi connectivity index (χ0) is 17.6. The first-order chi connectivity index (χ1) is 12.1. The molecule has 9 heteroatoms. The highest BCUT2D eigenvalue weighted by Crippen LogP contribution is 2.37. The van der Waals surface area contributed by atoms with E-state index in [0.29, 0.717) is 11.5 Å². The van der Waals surface area contributed by atoms with Gasteiger partial charge in [0.05, 0.1) is 29.3 Å². The van der Waals surface area contributed by atoms with Gasteiger partial charge in [-0.1, -0.05) is 18.2 Å². The largest absolute Gasteiger partial charge is 0.454 e. The summed E-state index contributed by atoms with van der Waals surface area (Å²) in [6, 6.07) is 11.9. The van der Waals surface area contributed by atoms with Gasteiger partial charge < -0.3 is 14.8 Å². The van der Waals surface area contributed by atoms with Crippen LogP contribution in [-0.2, 0) is 4.79 Å². The second-order valence-corrected chi connectivity index (χ2v) is 5.03. The summed E-state index contributed by atoms with van der Waals surface area (Å²) in [7, 11) is 0. The highest BCUT2D eigenvalue weighted by Gasteiger charge is 2.22. The van der Waals surface area contributed by atoms with Crippen LogP contribution in [-0.4, -0.2) is 30.4 Å². The zero-order valence-electron chi connectivity index (χ0n) is 13.0. The van der Waals surface area contributed by atoms with Crippen molar-refractivity contribution in [3.8, 4) is 11.5 Å². The van der Waals surface area contributed by atoms with Gasteiger partial charge in [0, 0.05) is 5.69 Å². The minimum absolute atomic E-state index is 0.00890. The number of ether oxygens (including phenoxy) is 2. The molecule has 128 valence electrons. The number of amides is 1. The standard InChI is InChI=1S/C16H14N4O5/c21-16(9-17-12-4-2-1-3-5-12)19-18-8-11-6-14-15(25-10-24-14)7-13(11)20(22)23/h1-8,17H,9-10H2,(H,19,21)/b18-8+. The van der Waals surface area contributed by atoms with E-state index in [4.69, 9.17) is 9.47 Å². The Labute approximate surface area is 142 Å². The molecule has 1 aliphatic heterocycles. The molecule has 2 N–H and O–H groups in total. The van der Waals surface area contributed by atoms with Gasteiger partial charge in [-0.15, -0.1) is 0 Å². The van der Waals surface area contributed by atoms with Crippen LogP contribution in [0.3, 0.4) is 0 Å². The van der Waals surface area contributed by atoms with Crippen LogP contribution in [0.25, 0.3) is 0 Å². The number of para-hydroxylation sites is 1. The summed E-state index contributed by atoms with van der Waals surface area (Å²) in [6.45, 7) is 0.0273. The lowest BCUT2D eigenvalue weighted by Crippen LogP contribution is -2.25. The highest BCUT2D eigenvalue weighted by molar-refractivity contribution is 5.88. The summed E-state index contributed by atoms with van der Waals surface area (Å²) >= 11 is 0. The lowest BCUT2D eigenvalue weighted by Gasteiger charge is -2.04. The quantitative estimate of drug-likeness (QED) is 0.470. The molecule has 0 spiro atoms. The first-order valence-electron chi connectivity index (χ1n) is 7.32. The molecule has 0 bridgehead atoms. The molecule has 0 aliphatic carbocycles. The number of hydrogen-bond donors (Lipinski definition) is 2. The normalized spacial score (nSPS) is 12.2. The Morgan fingerprint density at radius 2 is 1.96 bits per heavy atom. The number of rotatable bonds is 6. The molecule has 9 nitrogen and oxygen atoms in total. The molecule has 0 aromatic heterocycles. The lowest BCUT2D eigenvalue weighted by molar-refractivity contribution is -0.385. The van der Waals surface area contributed by atoms with Crippen LogP contribution < -0.4 is 20.2 Å². The fourth-order valence-corrected chi connectivity index (χ4v) is 2.16. The summed E-state index contributed by atoms with van der Waals surface area (Å²) in [5, 5.41) is 17.8. The van der Waals surface area contributed by atoms with Crippen LogP contribution in [0.15, 0.2) is 47.6 Å². The predicted molar refractivity (Wildman–Crippen MR) is 89.9 cm³/mol. The van der Waals surface area contributed by atoms with Crippen LogP contribution in [0.2, 0.25) is 0 Å². The van der Waals surface area contributed by atoms with E-state index in [9.17, 15) is 14.9 Å². The van der Waals surface area contributed by atoms with Crippen molar-refractivity contribution in [3.63, 3.8) is 0 Å². The number of fused-ring (bicyclic) bond motifs is 1. The molecule has 0 saturated heterocycles. The molecule has 0 saturated carbocycles. The number of anilines is 1. The van der Waals surface area contributed by atoms with Crippen LogP contribution in [0.5, 0.6) is 11.5 Å². The Balaban J connectivity index is 1.62. The van der Waals surface area contributed by atoms with Crippen molar-refractivity contribution >= 4 is 23.5 Å². The van der Waals surface area contributed by atoms with Crippen molar-refractivity contribution in [2.24, 2.45) is 5.10 Å². The molecule has 25 heavy (non-hydrogen) atoms. The van der Waals surface area contributed by atoms with E-state index < -0.39 is 4.92 Å². The molecule has 0 atom stereocenters. The number of nitrogens with zero attached hydrogens (tertiary/aromatic N) is 2. The van der Waals surface area contributed by atoms with Gasteiger partial charge in [-0.2, -0.15) is 5.10 Å². The molecule has 2 aromatic carbocycles. The molecule has 3 rings (SSSR count). The van der Waals surface area contributed by atoms with E-state index >= 15 is 0 Å². The smallest absolute Gasteiger partial charge is 0.282 e. The molecule has 2 aromatic rings. The maximum Gasteiger partial charge on any atom is 0.282 e. The number of carbonyl (C=O) groups excluding carboxylic acids is 1. The monoisotopic (exact) mass is 342 g/mol. The van der Waals surface area contributed by atoms with Crippen LogP contribution in [0.4, 0.5) is 11.4 Å². The van der Waals surface area contributed by atoms with Crippen LogP contribution in [0.1, 0.15) is 5.56 Å². The summed E-state index contributed by atoms with van der Waals surface area (Å²) in [5.41, 5.74) is 3.12. The van der Waals surface area contributed by atoms with Gasteiger partial charge in [0.15, 0.2) is 11.5 Å². The molecular weight excluding hydrogens is 328 g/mol. The average molecular weight is 342 g/mol. The van der Waals surface area contributed by atoms with Gasteiger partial charge in [0.2, 0.25) is 6.79 Å². The first-order valence-corrected chi connectivity index (χ1v) is 7.32. The van der Waals surface area contributed by atoms with E-state index in [1.165, 1.54) is 18.3 Å². The van der Waals surface area contributed by atoms with Crippen molar-refractivity contribution < 1.29 is 19.2 Å². The second kappa shape index (κ2) is 7.30. The maximum atomic E-state index is 11.7. The van der Waals surface area contributed by atoms with Crippen molar-refractivity contribution in [2.45, 2.75) is 0 Å². The predicted octanol–water partition coefficient (Wildman–Crippen LogP) is 1.89. The molecule has 0 fully saturated rings.